The number of hydrogen-bond donors (Lipinski definition) is 1. The van der Waals surface area contributed by atoms with Gasteiger partial charge in [0.15, 0.2) is 0 Å². The Kier molecular flexibility index (Phi) is 5.67. The van der Waals surface area contributed by atoms with Gasteiger partial charge < -0.3 is 9.47 Å². The van der Waals surface area contributed by atoms with Crippen LogP contribution in [0.3, 0.4) is 0 Å². The molecule has 8 nitrogen and oxygen atoms in total. The van der Waals surface area contributed by atoms with Gasteiger partial charge in [-0.05, 0) is 31.2 Å². The van der Waals surface area contributed by atoms with Crippen molar-refractivity contribution < 1.29 is 19.2 Å². The monoisotopic (exact) mass is 343 g/mol. The highest BCUT2D eigenvalue weighted by atomic mass is 16.6. The topological polar surface area (TPSA) is 103 Å². The number of nitrogens with zero attached hydrogens (tertiary/aromatic N) is 2. The van der Waals surface area contributed by atoms with E-state index < -0.39 is 10.8 Å². The number of nitrogens with one attached hydrogen (secondary N) is 1. The lowest BCUT2D eigenvalue weighted by Gasteiger charge is -2.07. The highest BCUT2D eigenvalue weighted by Gasteiger charge is 2.14. The maximum atomic E-state index is 12.1. The zero-order valence-electron chi connectivity index (χ0n) is 14.0. The van der Waals surface area contributed by atoms with Crippen LogP contribution in [0.15, 0.2) is 41.5 Å². The van der Waals surface area contributed by atoms with E-state index in [1.165, 1.54) is 38.6 Å². The van der Waals surface area contributed by atoms with Crippen LogP contribution in [0.5, 0.6) is 11.5 Å². The molecule has 0 saturated carbocycles. The first kappa shape index (κ1) is 17.9. The van der Waals surface area contributed by atoms with Gasteiger partial charge in [-0.3, -0.25) is 14.9 Å². The molecule has 0 bridgehead atoms. The average molecular weight is 343 g/mol. The van der Waals surface area contributed by atoms with Gasteiger partial charge in [0.05, 0.1) is 25.4 Å². The molecule has 0 aliphatic carbocycles. The lowest BCUT2D eigenvalue weighted by molar-refractivity contribution is -0.385. The number of hydrogen-bond acceptors (Lipinski definition) is 6. The molecule has 0 unspecified atom stereocenters. The van der Waals surface area contributed by atoms with Crippen LogP contribution in [0.1, 0.15) is 21.5 Å². The van der Waals surface area contributed by atoms with Gasteiger partial charge in [-0.25, -0.2) is 5.43 Å². The number of benzene rings is 2. The van der Waals surface area contributed by atoms with Crippen molar-refractivity contribution in [3.8, 4) is 11.5 Å². The number of carbonyl (C=O) groups is 1. The van der Waals surface area contributed by atoms with Crippen LogP contribution in [0.25, 0.3) is 0 Å². The van der Waals surface area contributed by atoms with Gasteiger partial charge in [-0.15, -0.1) is 0 Å². The Balaban J connectivity index is 2.16. The van der Waals surface area contributed by atoms with Gasteiger partial charge in [-0.2, -0.15) is 5.10 Å². The lowest BCUT2D eigenvalue weighted by atomic mass is 10.1. The van der Waals surface area contributed by atoms with Crippen LogP contribution < -0.4 is 14.9 Å². The zero-order valence-corrected chi connectivity index (χ0v) is 14.0. The summed E-state index contributed by atoms with van der Waals surface area (Å²) in [6.07, 6.45) is 1.40. The van der Waals surface area contributed by atoms with Crippen LogP contribution in [-0.4, -0.2) is 31.3 Å². The summed E-state index contributed by atoms with van der Waals surface area (Å²) in [7, 11) is 3.05. The Morgan fingerprint density at radius 2 is 1.96 bits per heavy atom. The molecule has 0 heterocycles. The minimum absolute atomic E-state index is 0.119. The fraction of sp³-hybridized carbons (Fsp3) is 0.176. The molecular formula is C17H17N3O5. The molecule has 25 heavy (non-hydrogen) atoms. The second-order valence-electron chi connectivity index (χ2n) is 5.07. The molecule has 8 heteroatoms. The lowest BCUT2D eigenvalue weighted by Crippen LogP contribution is -2.18. The smallest absolute Gasteiger partial charge is 0.273 e. The number of amides is 1. The normalized spacial score (nSPS) is 10.5. The molecule has 0 aromatic heterocycles. The first-order valence-corrected chi connectivity index (χ1v) is 7.26. The number of nitro benzene ring substituents is 1. The summed E-state index contributed by atoms with van der Waals surface area (Å²) >= 11 is 0. The summed E-state index contributed by atoms with van der Waals surface area (Å²) in [4.78, 5) is 22.5. The van der Waals surface area contributed by atoms with E-state index in [1.54, 1.807) is 25.1 Å². The van der Waals surface area contributed by atoms with Crippen LogP contribution in [0.2, 0.25) is 0 Å². The van der Waals surface area contributed by atoms with Gasteiger partial charge in [0.1, 0.15) is 11.5 Å². The first-order valence-electron chi connectivity index (χ1n) is 7.26. The predicted octanol–water partition coefficient (Wildman–Crippen LogP) is 2.68. The van der Waals surface area contributed by atoms with E-state index in [0.717, 1.165) is 0 Å². The molecule has 1 N–H and O–H groups in total. The van der Waals surface area contributed by atoms with E-state index in [-0.39, 0.29) is 11.3 Å². The second kappa shape index (κ2) is 7.91. The third-order valence-electron chi connectivity index (χ3n) is 3.47. The molecule has 0 aliphatic rings. The Morgan fingerprint density at radius 1 is 1.20 bits per heavy atom. The van der Waals surface area contributed by atoms with Gasteiger partial charge in [0.25, 0.3) is 11.6 Å². The number of methoxy groups -OCH3 is 2. The van der Waals surface area contributed by atoms with Gasteiger partial charge >= 0.3 is 0 Å². The predicted molar refractivity (Wildman–Crippen MR) is 92.4 cm³/mol. The van der Waals surface area contributed by atoms with Crippen LogP contribution in [0, 0.1) is 17.0 Å². The van der Waals surface area contributed by atoms with Crippen LogP contribution >= 0.6 is 0 Å². The Morgan fingerprint density at radius 3 is 2.60 bits per heavy atom. The molecule has 0 fully saturated rings. The maximum absolute atomic E-state index is 12.1. The molecule has 0 radical (unpaired) electrons. The molecule has 0 spiro atoms. The third kappa shape index (κ3) is 4.31. The minimum Gasteiger partial charge on any atom is -0.497 e. The van der Waals surface area contributed by atoms with Crippen LogP contribution in [0.4, 0.5) is 5.69 Å². The fourth-order valence-corrected chi connectivity index (χ4v) is 2.11. The number of nitro groups is 1. The molecule has 0 atom stereocenters. The van der Waals surface area contributed by atoms with Crippen molar-refractivity contribution in [2.75, 3.05) is 14.2 Å². The van der Waals surface area contributed by atoms with Crippen LogP contribution in [-0.2, 0) is 0 Å². The Hall–Kier alpha value is -3.42. The molecule has 0 aliphatic heterocycles. The number of carbonyl (C=O) groups excluding carboxylic acids is 1. The SMILES string of the molecule is COc1ccc(OC)c(C=NNC(=O)c2ccc(C)c([N+](=O)[O-])c2)c1. The summed E-state index contributed by atoms with van der Waals surface area (Å²) in [5.74, 6) is 0.619. The minimum atomic E-state index is -0.554. The molecule has 0 saturated heterocycles. The number of aryl methyl sites for hydroxylation is 1. The molecule has 2 rings (SSSR count). The van der Waals surface area contributed by atoms with Gasteiger partial charge in [-0.1, -0.05) is 6.07 Å². The van der Waals surface area contributed by atoms with E-state index in [4.69, 9.17) is 9.47 Å². The van der Waals surface area contributed by atoms with Crippen molar-refractivity contribution in [1.29, 1.82) is 0 Å². The van der Waals surface area contributed by atoms with E-state index in [2.05, 4.69) is 10.5 Å². The van der Waals surface area contributed by atoms with Crippen molar-refractivity contribution in [1.82, 2.24) is 5.43 Å². The Bertz CT molecular complexity index is 833. The second-order valence-corrected chi connectivity index (χ2v) is 5.07. The van der Waals surface area contributed by atoms with E-state index in [1.807, 2.05) is 0 Å². The highest BCUT2D eigenvalue weighted by molar-refractivity contribution is 5.95. The summed E-state index contributed by atoms with van der Waals surface area (Å²) in [5, 5.41) is 14.8. The summed E-state index contributed by atoms with van der Waals surface area (Å²) in [6.45, 7) is 1.60. The quantitative estimate of drug-likeness (QED) is 0.493. The van der Waals surface area contributed by atoms with Crippen molar-refractivity contribution in [3.63, 3.8) is 0 Å². The average Bonchev–Trinajstić information content (AvgIpc) is 2.61. The standard InChI is InChI=1S/C17H17N3O5/c1-11-4-5-12(9-15(11)20(22)23)17(21)19-18-10-13-8-14(24-2)6-7-16(13)25-3/h4-10H,1-3H3,(H,19,21). The molecule has 2 aromatic rings. The number of hydrazone groups is 1. The van der Waals surface area contributed by atoms with E-state index in [9.17, 15) is 14.9 Å². The molecular weight excluding hydrogens is 326 g/mol. The van der Waals surface area contributed by atoms with Crippen molar-refractivity contribution in [3.05, 3.63) is 63.2 Å². The summed E-state index contributed by atoms with van der Waals surface area (Å²) in [6, 6.07) is 9.38. The molecule has 2 aromatic carbocycles. The summed E-state index contributed by atoms with van der Waals surface area (Å²) < 4.78 is 10.3. The number of ether oxygens (including phenoxy) is 2. The van der Waals surface area contributed by atoms with E-state index in [0.29, 0.717) is 22.6 Å². The third-order valence-corrected chi connectivity index (χ3v) is 3.47. The Labute approximate surface area is 144 Å². The summed E-state index contributed by atoms with van der Waals surface area (Å²) in [5.41, 5.74) is 3.45. The first-order chi connectivity index (χ1) is 12.0. The molecule has 1 amide bonds. The van der Waals surface area contributed by atoms with Crippen molar-refractivity contribution >= 4 is 17.8 Å². The largest absolute Gasteiger partial charge is 0.497 e. The van der Waals surface area contributed by atoms with E-state index >= 15 is 0 Å². The van der Waals surface area contributed by atoms with Gasteiger partial charge in [0, 0.05) is 22.8 Å². The highest BCUT2D eigenvalue weighted by Crippen LogP contribution is 2.22. The molecule has 130 valence electrons. The maximum Gasteiger partial charge on any atom is 0.273 e. The fourth-order valence-electron chi connectivity index (χ4n) is 2.11. The zero-order chi connectivity index (χ0) is 18.4. The van der Waals surface area contributed by atoms with Crippen molar-refractivity contribution in [2.24, 2.45) is 5.10 Å². The number of rotatable bonds is 6. The van der Waals surface area contributed by atoms with Gasteiger partial charge in [0.2, 0.25) is 0 Å². The van der Waals surface area contributed by atoms with Crippen molar-refractivity contribution in [2.45, 2.75) is 6.92 Å².